The number of aromatic nitrogens is 1. The highest BCUT2D eigenvalue weighted by atomic mass is 79.9. The first-order chi connectivity index (χ1) is 10.0. The van der Waals surface area contributed by atoms with Gasteiger partial charge in [0.05, 0.1) is 12.2 Å². The van der Waals surface area contributed by atoms with Crippen molar-refractivity contribution >= 4 is 27.9 Å². The van der Waals surface area contributed by atoms with Crippen LogP contribution < -0.4 is 10.6 Å². The fourth-order valence-corrected chi connectivity index (χ4v) is 2.73. The van der Waals surface area contributed by atoms with Crippen molar-refractivity contribution in [2.75, 3.05) is 0 Å². The number of carbonyl (C=O) groups excluding carboxylic acids is 1. The number of urea groups is 1. The monoisotopic (exact) mass is 355 g/mol. The SMILES string of the molecule is O=C(NCc1ccc(Br)cn1)NC1(C(=O)O)CCCCC1. The molecule has 2 amide bonds. The van der Waals surface area contributed by atoms with E-state index in [1.54, 1.807) is 12.3 Å². The Labute approximate surface area is 131 Å². The van der Waals surface area contributed by atoms with Crippen LogP contribution >= 0.6 is 15.9 Å². The maximum Gasteiger partial charge on any atom is 0.329 e. The molecule has 0 atom stereocenters. The van der Waals surface area contributed by atoms with Crippen LogP contribution in [-0.2, 0) is 11.3 Å². The van der Waals surface area contributed by atoms with Crippen LogP contribution in [0.15, 0.2) is 22.8 Å². The first-order valence-electron chi connectivity index (χ1n) is 6.92. The van der Waals surface area contributed by atoms with Gasteiger partial charge in [-0.25, -0.2) is 9.59 Å². The van der Waals surface area contributed by atoms with Crippen molar-refractivity contribution in [3.8, 4) is 0 Å². The molecule has 0 aromatic carbocycles. The highest BCUT2D eigenvalue weighted by Gasteiger charge is 2.40. The quantitative estimate of drug-likeness (QED) is 0.773. The van der Waals surface area contributed by atoms with Crippen LogP contribution in [0.2, 0.25) is 0 Å². The van der Waals surface area contributed by atoms with Crippen molar-refractivity contribution in [2.24, 2.45) is 0 Å². The molecule has 7 heteroatoms. The minimum atomic E-state index is -1.13. The normalized spacial score (nSPS) is 17.0. The molecular weight excluding hydrogens is 338 g/mol. The van der Waals surface area contributed by atoms with Gasteiger partial charge < -0.3 is 15.7 Å². The van der Waals surface area contributed by atoms with E-state index in [1.165, 1.54) is 0 Å². The third-order valence-corrected chi connectivity index (χ3v) is 4.16. The Morgan fingerprint density at radius 2 is 2.00 bits per heavy atom. The van der Waals surface area contributed by atoms with Crippen LogP contribution in [-0.4, -0.2) is 27.6 Å². The van der Waals surface area contributed by atoms with Crippen LogP contribution in [0.1, 0.15) is 37.8 Å². The first kappa shape index (κ1) is 15.8. The van der Waals surface area contributed by atoms with Gasteiger partial charge in [-0.1, -0.05) is 19.3 Å². The Morgan fingerprint density at radius 3 is 2.57 bits per heavy atom. The van der Waals surface area contributed by atoms with Crippen molar-refractivity contribution < 1.29 is 14.7 Å². The fraction of sp³-hybridized carbons (Fsp3) is 0.500. The zero-order valence-corrected chi connectivity index (χ0v) is 13.1. The lowest BCUT2D eigenvalue weighted by molar-refractivity contribution is -0.145. The number of pyridine rings is 1. The number of rotatable bonds is 4. The Morgan fingerprint density at radius 1 is 1.29 bits per heavy atom. The van der Waals surface area contributed by atoms with E-state index in [4.69, 9.17) is 0 Å². The van der Waals surface area contributed by atoms with E-state index in [1.807, 2.05) is 6.07 Å². The smallest absolute Gasteiger partial charge is 0.329 e. The molecule has 3 N–H and O–H groups in total. The number of carboxylic acid groups (broad SMARTS) is 1. The molecule has 6 nitrogen and oxygen atoms in total. The number of aliphatic carboxylic acids is 1. The van der Waals surface area contributed by atoms with Gasteiger partial charge >= 0.3 is 12.0 Å². The molecule has 1 aliphatic rings. The number of carbonyl (C=O) groups is 2. The zero-order valence-electron chi connectivity index (χ0n) is 11.6. The molecule has 1 fully saturated rings. The molecule has 0 aliphatic heterocycles. The number of hydrogen-bond acceptors (Lipinski definition) is 3. The lowest BCUT2D eigenvalue weighted by Crippen LogP contribution is -2.57. The minimum Gasteiger partial charge on any atom is -0.480 e. The zero-order chi connectivity index (χ0) is 15.3. The summed E-state index contributed by atoms with van der Waals surface area (Å²) in [6, 6.07) is 3.16. The van der Waals surface area contributed by atoms with Crippen molar-refractivity contribution in [2.45, 2.75) is 44.2 Å². The highest BCUT2D eigenvalue weighted by molar-refractivity contribution is 9.10. The molecule has 2 rings (SSSR count). The molecule has 21 heavy (non-hydrogen) atoms. The van der Waals surface area contributed by atoms with E-state index >= 15 is 0 Å². The molecule has 0 bridgehead atoms. The van der Waals surface area contributed by atoms with Crippen LogP contribution in [0.5, 0.6) is 0 Å². The van der Waals surface area contributed by atoms with Crippen molar-refractivity contribution in [3.05, 3.63) is 28.5 Å². The van der Waals surface area contributed by atoms with Gasteiger partial charge in [0, 0.05) is 10.7 Å². The van der Waals surface area contributed by atoms with E-state index in [9.17, 15) is 14.7 Å². The largest absolute Gasteiger partial charge is 0.480 e. The molecule has 1 heterocycles. The number of amides is 2. The van der Waals surface area contributed by atoms with Gasteiger partial charge in [0.2, 0.25) is 0 Å². The molecule has 114 valence electrons. The second-order valence-corrected chi connectivity index (χ2v) is 6.14. The summed E-state index contributed by atoms with van der Waals surface area (Å²) >= 11 is 3.29. The van der Waals surface area contributed by atoms with Crippen LogP contribution in [0, 0.1) is 0 Å². The van der Waals surface area contributed by atoms with Crippen LogP contribution in [0.3, 0.4) is 0 Å². The summed E-state index contributed by atoms with van der Waals surface area (Å²) in [5.41, 5.74) is -0.420. The average molecular weight is 356 g/mol. The third kappa shape index (κ3) is 4.17. The third-order valence-electron chi connectivity index (χ3n) is 3.69. The van der Waals surface area contributed by atoms with Gasteiger partial charge in [0.25, 0.3) is 0 Å². The Bertz CT molecular complexity index is 513. The number of nitrogens with one attached hydrogen (secondary N) is 2. The number of carboxylic acids is 1. The van der Waals surface area contributed by atoms with E-state index in [-0.39, 0.29) is 6.54 Å². The Hall–Kier alpha value is -1.63. The summed E-state index contributed by atoms with van der Waals surface area (Å²) in [6.45, 7) is 0.259. The summed E-state index contributed by atoms with van der Waals surface area (Å²) in [6.07, 6.45) is 5.26. The van der Waals surface area contributed by atoms with Crippen LogP contribution in [0.25, 0.3) is 0 Å². The average Bonchev–Trinajstić information content (AvgIpc) is 2.47. The predicted octanol–water partition coefficient (Wildman–Crippen LogP) is 2.43. The predicted molar refractivity (Wildman–Crippen MR) is 80.8 cm³/mol. The molecule has 0 radical (unpaired) electrons. The van der Waals surface area contributed by atoms with Gasteiger partial charge in [0.15, 0.2) is 0 Å². The summed E-state index contributed by atoms with van der Waals surface area (Å²) in [4.78, 5) is 27.5. The maximum absolute atomic E-state index is 11.9. The summed E-state index contributed by atoms with van der Waals surface area (Å²) in [5, 5.41) is 14.7. The first-order valence-corrected chi connectivity index (χ1v) is 7.71. The van der Waals surface area contributed by atoms with E-state index in [2.05, 4.69) is 31.5 Å². The summed E-state index contributed by atoms with van der Waals surface area (Å²) in [7, 11) is 0. The van der Waals surface area contributed by atoms with Gasteiger partial charge in [-0.2, -0.15) is 0 Å². The molecule has 0 saturated heterocycles. The van der Waals surface area contributed by atoms with Gasteiger partial charge in [-0.15, -0.1) is 0 Å². The topological polar surface area (TPSA) is 91.3 Å². The summed E-state index contributed by atoms with van der Waals surface area (Å²) < 4.78 is 0.864. The lowest BCUT2D eigenvalue weighted by Gasteiger charge is -2.33. The molecule has 1 aromatic heterocycles. The molecule has 1 aliphatic carbocycles. The van der Waals surface area contributed by atoms with E-state index in [0.717, 1.165) is 23.7 Å². The standard InChI is InChI=1S/C14H18BrN3O3/c15-10-4-5-11(16-8-10)9-17-13(21)18-14(12(19)20)6-2-1-3-7-14/h4-5,8H,1-3,6-7,9H2,(H,19,20)(H2,17,18,21). The van der Waals surface area contributed by atoms with Crippen molar-refractivity contribution in [3.63, 3.8) is 0 Å². The molecule has 1 saturated carbocycles. The van der Waals surface area contributed by atoms with Crippen molar-refractivity contribution in [1.82, 2.24) is 15.6 Å². The highest BCUT2D eigenvalue weighted by Crippen LogP contribution is 2.28. The maximum atomic E-state index is 11.9. The molecule has 0 unspecified atom stereocenters. The van der Waals surface area contributed by atoms with Crippen LogP contribution in [0.4, 0.5) is 4.79 Å². The number of halogens is 1. The number of nitrogens with zero attached hydrogens (tertiary/aromatic N) is 1. The second-order valence-electron chi connectivity index (χ2n) is 5.22. The van der Waals surface area contributed by atoms with Crippen molar-refractivity contribution in [1.29, 1.82) is 0 Å². The fourth-order valence-electron chi connectivity index (χ4n) is 2.49. The molecular formula is C14H18BrN3O3. The van der Waals surface area contributed by atoms with Gasteiger partial charge in [0.1, 0.15) is 5.54 Å². The van der Waals surface area contributed by atoms with E-state index in [0.29, 0.717) is 18.5 Å². The molecule has 0 spiro atoms. The Kier molecular flexibility index (Phi) is 5.17. The van der Waals surface area contributed by atoms with Gasteiger partial charge in [-0.05, 0) is 40.9 Å². The van der Waals surface area contributed by atoms with E-state index < -0.39 is 17.5 Å². The second kappa shape index (κ2) is 6.89. The number of hydrogen-bond donors (Lipinski definition) is 3. The summed E-state index contributed by atoms with van der Waals surface area (Å²) in [5.74, 6) is -0.959. The lowest BCUT2D eigenvalue weighted by atomic mass is 9.82. The van der Waals surface area contributed by atoms with Gasteiger partial charge in [-0.3, -0.25) is 4.98 Å². The Balaban J connectivity index is 1.90. The molecule has 1 aromatic rings. The minimum absolute atomic E-state index is 0.259.